The number of ether oxygens (including phenoxy) is 4. The van der Waals surface area contributed by atoms with Crippen molar-refractivity contribution in [2.24, 2.45) is 0 Å². The van der Waals surface area contributed by atoms with Gasteiger partial charge in [-0.2, -0.15) is 13.2 Å². The van der Waals surface area contributed by atoms with E-state index in [2.05, 4.69) is 9.88 Å². The maximum Gasteiger partial charge on any atom is 0.418 e. The van der Waals surface area contributed by atoms with E-state index in [-0.39, 0.29) is 17.2 Å². The molecule has 8 nitrogen and oxygen atoms in total. The van der Waals surface area contributed by atoms with Crippen LogP contribution in [-0.2, 0) is 15.7 Å². The lowest BCUT2D eigenvalue weighted by molar-refractivity contribution is -0.136. The number of nitrogens with zero attached hydrogens (tertiary/aromatic N) is 3. The molecule has 1 aromatic heterocycles. The molecule has 0 N–H and O–H groups in total. The van der Waals surface area contributed by atoms with Crippen LogP contribution in [0, 0.1) is 0 Å². The lowest BCUT2D eigenvalue weighted by Crippen LogP contribution is -2.39. The van der Waals surface area contributed by atoms with E-state index in [0.29, 0.717) is 47.1 Å². The number of fused-ring (bicyclic) bond motifs is 1. The van der Waals surface area contributed by atoms with Gasteiger partial charge in [0.05, 0.1) is 50.3 Å². The number of carbonyl (C=O) groups excluding carboxylic acids is 1. The number of benzene rings is 2. The molecule has 39 heavy (non-hydrogen) atoms. The van der Waals surface area contributed by atoms with Crippen LogP contribution < -0.4 is 19.1 Å². The van der Waals surface area contributed by atoms with Crippen LogP contribution in [-0.4, -0.2) is 76.5 Å². The Balaban J connectivity index is 1.63. The first-order valence-electron chi connectivity index (χ1n) is 12.3. The van der Waals surface area contributed by atoms with Crippen LogP contribution in [0.15, 0.2) is 36.4 Å². The number of thiazole rings is 1. The molecule has 0 bridgehead atoms. The smallest absolute Gasteiger partial charge is 0.418 e. The maximum atomic E-state index is 13.6. The summed E-state index contributed by atoms with van der Waals surface area (Å²) in [4.78, 5) is 21.4. The first kappa shape index (κ1) is 28.7. The Morgan fingerprint density at radius 1 is 1.13 bits per heavy atom. The topological polar surface area (TPSA) is 73.4 Å². The Hall–Kier alpha value is -3.35. The van der Waals surface area contributed by atoms with Gasteiger partial charge in [0.15, 0.2) is 16.6 Å². The van der Waals surface area contributed by atoms with Crippen LogP contribution in [0.1, 0.15) is 17.5 Å². The van der Waals surface area contributed by atoms with Crippen molar-refractivity contribution in [3.05, 3.63) is 47.5 Å². The number of aromatic nitrogens is 1. The number of amides is 1. The number of morpholine rings is 1. The van der Waals surface area contributed by atoms with Crippen LogP contribution in [0.2, 0.25) is 0 Å². The fraction of sp³-hybridized carbons (Fsp3) is 0.407. The zero-order chi connectivity index (χ0) is 28.0. The van der Waals surface area contributed by atoms with Gasteiger partial charge in [-0.05, 0) is 42.3 Å². The predicted octanol–water partition coefficient (Wildman–Crippen LogP) is 5.11. The minimum absolute atomic E-state index is 0.162. The molecule has 0 radical (unpaired) electrons. The molecule has 0 atom stereocenters. The van der Waals surface area contributed by atoms with Crippen molar-refractivity contribution < 1.29 is 36.9 Å². The van der Waals surface area contributed by atoms with Crippen molar-refractivity contribution in [2.45, 2.75) is 12.6 Å². The second-order valence-corrected chi connectivity index (χ2v) is 9.75. The van der Waals surface area contributed by atoms with E-state index in [1.165, 1.54) is 38.4 Å². The highest BCUT2D eigenvalue weighted by molar-refractivity contribution is 7.22. The van der Waals surface area contributed by atoms with E-state index in [9.17, 15) is 18.0 Å². The van der Waals surface area contributed by atoms with E-state index in [0.717, 1.165) is 37.0 Å². The van der Waals surface area contributed by atoms with Crippen LogP contribution in [0.3, 0.4) is 0 Å². The molecule has 1 fully saturated rings. The Morgan fingerprint density at radius 3 is 2.44 bits per heavy atom. The maximum absolute atomic E-state index is 13.6. The Kier molecular flexibility index (Phi) is 9.31. The number of para-hydroxylation sites is 1. The van der Waals surface area contributed by atoms with Crippen molar-refractivity contribution in [1.29, 1.82) is 0 Å². The summed E-state index contributed by atoms with van der Waals surface area (Å²) in [6.45, 7) is 3.91. The van der Waals surface area contributed by atoms with Crippen molar-refractivity contribution in [3.63, 3.8) is 0 Å². The van der Waals surface area contributed by atoms with Gasteiger partial charge < -0.3 is 18.9 Å². The van der Waals surface area contributed by atoms with E-state index in [4.69, 9.17) is 18.9 Å². The van der Waals surface area contributed by atoms with Gasteiger partial charge in [0.2, 0.25) is 5.75 Å². The molecule has 0 aliphatic carbocycles. The summed E-state index contributed by atoms with van der Waals surface area (Å²) in [6.07, 6.45) is -0.976. The van der Waals surface area contributed by atoms with Gasteiger partial charge in [0, 0.05) is 32.3 Å². The lowest BCUT2D eigenvalue weighted by atomic mass is 10.1. The molecule has 2 aromatic carbocycles. The van der Waals surface area contributed by atoms with Gasteiger partial charge in [-0.15, -0.1) is 0 Å². The monoisotopic (exact) mass is 565 g/mol. The van der Waals surface area contributed by atoms with Crippen molar-refractivity contribution >= 4 is 38.7 Å². The van der Waals surface area contributed by atoms with Gasteiger partial charge in [-0.3, -0.25) is 14.6 Å². The van der Waals surface area contributed by atoms with Gasteiger partial charge >= 0.3 is 6.18 Å². The number of carbonyl (C=O) groups is 1. The number of hydrogen-bond acceptors (Lipinski definition) is 8. The molecule has 1 saturated heterocycles. The van der Waals surface area contributed by atoms with Gasteiger partial charge in [0.1, 0.15) is 0 Å². The minimum atomic E-state index is -4.55. The second kappa shape index (κ2) is 12.7. The molecule has 12 heteroatoms. The highest BCUT2D eigenvalue weighted by Gasteiger charge is 2.34. The third kappa shape index (κ3) is 6.81. The molecule has 0 saturated carbocycles. The van der Waals surface area contributed by atoms with E-state index < -0.39 is 17.6 Å². The van der Waals surface area contributed by atoms with Crippen LogP contribution in [0.4, 0.5) is 18.3 Å². The Labute approximate surface area is 228 Å². The number of alkyl halides is 3. The number of anilines is 1. The third-order valence-electron chi connectivity index (χ3n) is 6.28. The second-order valence-electron chi connectivity index (χ2n) is 8.74. The fourth-order valence-electron chi connectivity index (χ4n) is 4.31. The van der Waals surface area contributed by atoms with Gasteiger partial charge in [-0.1, -0.05) is 17.4 Å². The Morgan fingerprint density at radius 2 is 1.82 bits per heavy atom. The predicted molar refractivity (Wildman–Crippen MR) is 144 cm³/mol. The number of hydrogen-bond donors (Lipinski definition) is 0. The van der Waals surface area contributed by atoms with E-state index in [1.54, 1.807) is 24.3 Å². The summed E-state index contributed by atoms with van der Waals surface area (Å²) in [5.74, 6) is 0.871. The Bertz CT molecular complexity index is 1300. The number of rotatable bonds is 10. The quantitative estimate of drug-likeness (QED) is 0.317. The fourth-order valence-corrected chi connectivity index (χ4v) is 5.34. The average molecular weight is 566 g/mol. The summed E-state index contributed by atoms with van der Waals surface area (Å²) in [6, 6.07) is 7.32. The minimum Gasteiger partial charge on any atom is -0.493 e. The zero-order valence-corrected chi connectivity index (χ0v) is 22.7. The van der Waals surface area contributed by atoms with Crippen LogP contribution in [0.25, 0.3) is 16.3 Å². The number of methoxy groups -OCH3 is 3. The molecular weight excluding hydrogens is 535 g/mol. The van der Waals surface area contributed by atoms with Gasteiger partial charge in [0.25, 0.3) is 5.91 Å². The summed E-state index contributed by atoms with van der Waals surface area (Å²) < 4.78 is 62.7. The van der Waals surface area contributed by atoms with Crippen molar-refractivity contribution in [1.82, 2.24) is 9.88 Å². The lowest BCUT2D eigenvalue weighted by Gasteiger charge is -2.27. The SMILES string of the molecule is COc1cc(/C=C/C(=O)N(CCCN2CCOCC2)c2nc3c(C(F)(F)F)cccc3s2)cc(OC)c1OC. The first-order valence-corrected chi connectivity index (χ1v) is 13.1. The normalized spacial score (nSPS) is 14.6. The molecule has 1 aliphatic rings. The molecular formula is C27H30F3N3O5S. The molecule has 0 spiro atoms. The standard InChI is InChI=1S/C27H30F3N3O5S/c1-35-20-16-18(17-21(36-2)25(20)37-3)8-9-23(34)33(11-5-10-32-12-14-38-15-13-32)26-31-24-19(27(28,29)30)6-4-7-22(24)39-26/h4,6-9,16-17H,5,10-15H2,1-3H3/b9-8+. The largest absolute Gasteiger partial charge is 0.493 e. The van der Waals surface area contributed by atoms with E-state index in [1.807, 2.05) is 0 Å². The molecule has 2 heterocycles. The molecule has 4 rings (SSSR count). The van der Waals surface area contributed by atoms with Gasteiger partial charge in [-0.25, -0.2) is 4.98 Å². The first-order chi connectivity index (χ1) is 18.7. The summed E-state index contributed by atoms with van der Waals surface area (Å²) in [5, 5.41) is 0.211. The van der Waals surface area contributed by atoms with Crippen LogP contribution >= 0.6 is 11.3 Å². The molecule has 1 aliphatic heterocycles. The number of halogens is 3. The van der Waals surface area contributed by atoms with Crippen LogP contribution in [0.5, 0.6) is 17.2 Å². The molecule has 1 amide bonds. The molecule has 0 unspecified atom stereocenters. The highest BCUT2D eigenvalue weighted by atomic mass is 32.1. The third-order valence-corrected chi connectivity index (χ3v) is 7.32. The van der Waals surface area contributed by atoms with Crippen molar-refractivity contribution in [2.75, 3.05) is 65.6 Å². The van der Waals surface area contributed by atoms with E-state index >= 15 is 0 Å². The summed E-state index contributed by atoms with van der Waals surface area (Å²) in [5.41, 5.74) is -0.365. The molecule has 210 valence electrons. The summed E-state index contributed by atoms with van der Waals surface area (Å²) in [7, 11) is 4.49. The highest BCUT2D eigenvalue weighted by Crippen LogP contribution is 2.40. The zero-order valence-electron chi connectivity index (χ0n) is 21.9. The van der Waals surface area contributed by atoms with Crippen molar-refractivity contribution in [3.8, 4) is 17.2 Å². The average Bonchev–Trinajstić information content (AvgIpc) is 3.37. The molecule has 3 aromatic rings. The summed E-state index contributed by atoms with van der Waals surface area (Å²) >= 11 is 1.06.